The second kappa shape index (κ2) is 5.19. The van der Waals surface area contributed by atoms with Crippen LogP contribution in [-0.2, 0) is 9.53 Å². The predicted octanol–water partition coefficient (Wildman–Crippen LogP) is 2.09. The second-order valence-corrected chi connectivity index (χ2v) is 8.88. The van der Waals surface area contributed by atoms with Crippen LogP contribution in [0.5, 0.6) is 0 Å². The molecule has 6 nitrogen and oxygen atoms in total. The lowest BCUT2D eigenvalue weighted by atomic mass is 9.46. The number of carbonyl (C=O) groups excluding carboxylic acids is 2. The van der Waals surface area contributed by atoms with Gasteiger partial charge in [0.15, 0.2) is 5.78 Å². The van der Waals surface area contributed by atoms with E-state index in [0.29, 0.717) is 19.5 Å². The molecule has 0 aromatic rings. The predicted molar refractivity (Wildman–Crippen MR) is 88.1 cm³/mol. The number of nitrogens with zero attached hydrogens (tertiary/aromatic N) is 2. The van der Waals surface area contributed by atoms with Crippen LogP contribution in [0.1, 0.15) is 47.5 Å². The molecule has 24 heavy (non-hydrogen) atoms. The molecule has 0 aromatic carbocycles. The Kier molecular flexibility index (Phi) is 3.72. The first-order valence-electron chi connectivity index (χ1n) is 8.72. The standard InChI is InChI=1S/C18H27N3O3/c1-11-13-14(22)12(9-19)8-17(5)10-21(7-6-18(13,17)20-11)15(23)24-16(2,3)4/h11-13,20H,6-8,10H2,1-5H3/t11-,12?,13-,17?,18-/m1/s1. The van der Waals surface area contributed by atoms with Crippen molar-refractivity contribution in [3.05, 3.63) is 0 Å². The second-order valence-electron chi connectivity index (χ2n) is 8.88. The Morgan fingerprint density at radius 2 is 2.12 bits per heavy atom. The zero-order valence-corrected chi connectivity index (χ0v) is 15.2. The van der Waals surface area contributed by atoms with Crippen LogP contribution in [0.2, 0.25) is 0 Å². The first-order chi connectivity index (χ1) is 11.0. The van der Waals surface area contributed by atoms with E-state index in [4.69, 9.17) is 4.74 Å². The summed E-state index contributed by atoms with van der Waals surface area (Å²) in [6.07, 6.45) is 0.910. The zero-order chi connectivity index (χ0) is 17.9. The van der Waals surface area contributed by atoms with Gasteiger partial charge in [-0.25, -0.2) is 4.79 Å². The number of amides is 1. The van der Waals surface area contributed by atoms with Crippen molar-refractivity contribution in [3.8, 4) is 6.07 Å². The highest BCUT2D eigenvalue weighted by atomic mass is 16.6. The number of nitrogens with one attached hydrogen (secondary N) is 1. The molecule has 2 unspecified atom stereocenters. The van der Waals surface area contributed by atoms with Gasteiger partial charge in [-0.3, -0.25) is 4.79 Å². The van der Waals surface area contributed by atoms with E-state index < -0.39 is 11.5 Å². The highest BCUT2D eigenvalue weighted by Crippen LogP contribution is 2.57. The maximum absolute atomic E-state index is 12.7. The van der Waals surface area contributed by atoms with E-state index in [2.05, 4.69) is 18.3 Å². The minimum atomic E-state index is -0.573. The van der Waals surface area contributed by atoms with E-state index in [1.807, 2.05) is 27.7 Å². The monoisotopic (exact) mass is 333 g/mol. The van der Waals surface area contributed by atoms with Crippen LogP contribution in [0, 0.1) is 28.6 Å². The van der Waals surface area contributed by atoms with Crippen molar-refractivity contribution in [1.29, 1.82) is 5.26 Å². The lowest BCUT2D eigenvalue weighted by Crippen LogP contribution is -2.84. The number of rotatable bonds is 0. The highest BCUT2D eigenvalue weighted by molar-refractivity contribution is 5.90. The summed E-state index contributed by atoms with van der Waals surface area (Å²) in [5.41, 5.74) is -1.11. The maximum atomic E-state index is 12.7. The highest BCUT2D eigenvalue weighted by Gasteiger charge is 2.69. The molecule has 2 saturated heterocycles. The molecule has 1 N–H and O–H groups in total. The van der Waals surface area contributed by atoms with Crippen molar-refractivity contribution in [1.82, 2.24) is 10.2 Å². The Morgan fingerprint density at radius 3 is 2.67 bits per heavy atom. The quantitative estimate of drug-likeness (QED) is 0.734. The first-order valence-corrected chi connectivity index (χ1v) is 8.72. The van der Waals surface area contributed by atoms with Crippen molar-refractivity contribution in [2.45, 2.75) is 64.6 Å². The van der Waals surface area contributed by atoms with Gasteiger partial charge in [0.1, 0.15) is 11.5 Å². The topological polar surface area (TPSA) is 82.4 Å². The summed E-state index contributed by atoms with van der Waals surface area (Å²) in [6, 6.07) is 2.28. The third kappa shape index (κ3) is 2.33. The third-order valence-corrected chi connectivity index (χ3v) is 6.02. The van der Waals surface area contributed by atoms with Gasteiger partial charge < -0.3 is 15.0 Å². The number of nitriles is 1. The van der Waals surface area contributed by atoms with Gasteiger partial charge in [-0.05, 0) is 40.5 Å². The number of piperidine rings is 1. The Morgan fingerprint density at radius 1 is 1.46 bits per heavy atom. The molecule has 1 aliphatic carbocycles. The number of hydrogen-bond acceptors (Lipinski definition) is 5. The van der Waals surface area contributed by atoms with Crippen LogP contribution in [-0.4, -0.2) is 47.0 Å². The molecule has 3 aliphatic rings. The molecule has 3 fully saturated rings. The fraction of sp³-hybridized carbons (Fsp3) is 0.833. The smallest absolute Gasteiger partial charge is 0.410 e. The number of ketones is 1. The molecular weight excluding hydrogens is 306 g/mol. The van der Waals surface area contributed by atoms with E-state index in [1.54, 1.807) is 4.90 Å². The molecule has 0 aromatic heterocycles. The number of carbonyl (C=O) groups is 2. The van der Waals surface area contributed by atoms with Gasteiger partial charge in [-0.15, -0.1) is 0 Å². The van der Waals surface area contributed by atoms with E-state index in [9.17, 15) is 14.9 Å². The van der Waals surface area contributed by atoms with Crippen molar-refractivity contribution >= 4 is 11.9 Å². The fourth-order valence-corrected chi connectivity index (χ4v) is 5.04. The third-order valence-electron chi connectivity index (χ3n) is 6.02. The average molecular weight is 333 g/mol. The van der Waals surface area contributed by atoms with Crippen molar-refractivity contribution in [3.63, 3.8) is 0 Å². The Bertz CT molecular complexity index is 620. The molecule has 132 valence electrons. The number of hydrogen-bond donors (Lipinski definition) is 1. The Hall–Kier alpha value is -1.61. The summed E-state index contributed by atoms with van der Waals surface area (Å²) in [5.74, 6) is -0.620. The van der Waals surface area contributed by atoms with Crippen LogP contribution in [0.3, 0.4) is 0 Å². The molecule has 1 spiro atoms. The van der Waals surface area contributed by atoms with Gasteiger partial charge in [0.2, 0.25) is 0 Å². The molecule has 6 heteroatoms. The summed E-state index contributed by atoms with van der Waals surface area (Å²) in [5, 5.41) is 13.0. The Labute approximate surface area is 143 Å². The summed E-state index contributed by atoms with van der Waals surface area (Å²) in [6.45, 7) is 10.8. The van der Waals surface area contributed by atoms with Crippen LogP contribution < -0.4 is 5.32 Å². The molecule has 0 bridgehead atoms. The zero-order valence-electron chi connectivity index (χ0n) is 15.2. The van der Waals surface area contributed by atoms with Gasteiger partial charge in [-0.1, -0.05) is 6.92 Å². The van der Waals surface area contributed by atoms with Gasteiger partial charge in [0, 0.05) is 30.1 Å². The van der Waals surface area contributed by atoms with E-state index in [1.165, 1.54) is 0 Å². The number of Topliss-reactive ketones (excluding diaryl/α,β-unsaturated/α-hetero) is 1. The van der Waals surface area contributed by atoms with Gasteiger partial charge in [0.05, 0.1) is 12.0 Å². The minimum absolute atomic E-state index is 0.0759. The Balaban J connectivity index is 1.85. The molecule has 1 saturated carbocycles. The SMILES string of the molecule is C[C@H]1N[C@@]23CCN(C(=O)OC(C)(C)C)CC2(C)CC(C#N)C(=O)[C@@H]13. The molecule has 0 radical (unpaired) electrons. The fourth-order valence-electron chi connectivity index (χ4n) is 5.04. The van der Waals surface area contributed by atoms with Crippen LogP contribution in [0.25, 0.3) is 0 Å². The summed E-state index contributed by atoms with van der Waals surface area (Å²) < 4.78 is 5.51. The molecule has 2 heterocycles. The van der Waals surface area contributed by atoms with Gasteiger partial charge in [0.25, 0.3) is 0 Å². The largest absolute Gasteiger partial charge is 0.444 e. The molecule has 1 amide bonds. The van der Waals surface area contributed by atoms with Crippen molar-refractivity contribution in [2.75, 3.05) is 13.1 Å². The summed E-state index contributed by atoms with van der Waals surface area (Å²) in [4.78, 5) is 26.9. The normalized spacial score (nSPS) is 41.6. The van der Waals surface area contributed by atoms with Crippen molar-refractivity contribution < 1.29 is 14.3 Å². The lowest BCUT2D eigenvalue weighted by molar-refractivity contribution is -0.170. The van der Waals surface area contributed by atoms with E-state index in [0.717, 1.165) is 6.42 Å². The lowest BCUT2D eigenvalue weighted by Gasteiger charge is -2.69. The van der Waals surface area contributed by atoms with Crippen LogP contribution in [0.4, 0.5) is 4.79 Å². The summed E-state index contributed by atoms with van der Waals surface area (Å²) >= 11 is 0. The summed E-state index contributed by atoms with van der Waals surface area (Å²) in [7, 11) is 0. The molecule has 3 rings (SSSR count). The number of likely N-dealkylation sites (tertiary alicyclic amines) is 1. The van der Waals surface area contributed by atoms with Crippen LogP contribution >= 0.6 is 0 Å². The van der Waals surface area contributed by atoms with E-state index >= 15 is 0 Å². The van der Waals surface area contributed by atoms with Crippen molar-refractivity contribution in [2.24, 2.45) is 17.3 Å². The maximum Gasteiger partial charge on any atom is 0.410 e. The van der Waals surface area contributed by atoms with Gasteiger partial charge in [-0.2, -0.15) is 5.26 Å². The average Bonchev–Trinajstić information content (AvgIpc) is 2.43. The van der Waals surface area contributed by atoms with Crippen LogP contribution in [0.15, 0.2) is 0 Å². The molecular formula is C18H27N3O3. The first kappa shape index (κ1) is 17.2. The minimum Gasteiger partial charge on any atom is -0.444 e. The van der Waals surface area contributed by atoms with E-state index in [-0.39, 0.29) is 34.8 Å². The van der Waals surface area contributed by atoms with Gasteiger partial charge >= 0.3 is 6.09 Å². The number of ether oxygens (including phenoxy) is 1. The molecule has 2 aliphatic heterocycles. The molecule has 5 atom stereocenters.